The topological polar surface area (TPSA) is 0 Å². The van der Waals surface area contributed by atoms with Crippen LogP contribution in [0.4, 0.5) is 8.78 Å². The van der Waals surface area contributed by atoms with Crippen LogP contribution in [0.25, 0.3) is 11.1 Å². The molecule has 3 rings (SSSR count). The van der Waals surface area contributed by atoms with Crippen molar-refractivity contribution in [3.8, 4) is 11.1 Å². The van der Waals surface area contributed by atoms with E-state index in [1.807, 2.05) is 30.3 Å². The number of benzene rings is 2. The van der Waals surface area contributed by atoms with Gasteiger partial charge in [0.05, 0.1) is 0 Å². The summed E-state index contributed by atoms with van der Waals surface area (Å²) in [7, 11) is 0. The van der Waals surface area contributed by atoms with Crippen molar-refractivity contribution in [2.75, 3.05) is 0 Å². The zero-order valence-corrected chi connectivity index (χ0v) is 10.2. The third kappa shape index (κ3) is 1.56. The molecule has 0 N–H and O–H groups in total. The Morgan fingerprint density at radius 1 is 1.00 bits per heavy atom. The maximum Gasteiger partial charge on any atom is 0.273 e. The molecule has 0 heterocycles. The van der Waals surface area contributed by atoms with Crippen LogP contribution in [-0.4, -0.2) is 0 Å². The molecule has 0 nitrogen and oxygen atoms in total. The van der Waals surface area contributed by atoms with Gasteiger partial charge in [0.25, 0.3) is 5.92 Å². The van der Waals surface area contributed by atoms with E-state index in [2.05, 4.69) is 0 Å². The number of hydrogen-bond donors (Lipinski definition) is 0. The summed E-state index contributed by atoms with van der Waals surface area (Å²) in [5.74, 6) is -2.73. The number of hydrogen-bond acceptors (Lipinski definition) is 0. The van der Waals surface area contributed by atoms with Gasteiger partial charge < -0.3 is 0 Å². The van der Waals surface area contributed by atoms with Crippen molar-refractivity contribution in [2.45, 2.75) is 25.7 Å². The summed E-state index contributed by atoms with van der Waals surface area (Å²) in [6, 6.07) is 13.2. The van der Waals surface area contributed by atoms with Gasteiger partial charge in [0.1, 0.15) is 0 Å². The van der Waals surface area contributed by atoms with Crippen LogP contribution in [0.3, 0.4) is 0 Å². The molecule has 0 radical (unpaired) electrons. The van der Waals surface area contributed by atoms with Crippen molar-refractivity contribution in [3.05, 3.63) is 59.2 Å². The highest BCUT2D eigenvalue weighted by atomic mass is 19.3. The minimum atomic E-state index is -2.73. The molecule has 0 atom stereocenters. The van der Waals surface area contributed by atoms with Gasteiger partial charge in [0.15, 0.2) is 0 Å². The summed E-state index contributed by atoms with van der Waals surface area (Å²) in [6.07, 6.45) is 0.469. The fourth-order valence-electron chi connectivity index (χ4n) is 2.69. The average Bonchev–Trinajstić information content (AvgIpc) is 2.77. The first-order chi connectivity index (χ1) is 8.63. The van der Waals surface area contributed by atoms with E-state index in [1.165, 1.54) is 6.92 Å². The molecule has 0 fully saturated rings. The maximum atomic E-state index is 14.0. The standard InChI is InChI=1S/C16H14F2/c1-2-16(17,18)15-9-5-8-13-12-7-4-3-6-11(12)10-14(13)15/h3-9H,2,10H2,1H3. The minimum Gasteiger partial charge on any atom is -0.201 e. The smallest absolute Gasteiger partial charge is 0.201 e. The zero-order chi connectivity index (χ0) is 12.8. The van der Waals surface area contributed by atoms with Crippen molar-refractivity contribution >= 4 is 0 Å². The molecule has 0 amide bonds. The number of rotatable bonds is 2. The quantitative estimate of drug-likeness (QED) is 0.609. The van der Waals surface area contributed by atoms with Gasteiger partial charge in [0, 0.05) is 12.0 Å². The summed E-state index contributed by atoms with van der Waals surface area (Å²) in [4.78, 5) is 0. The first kappa shape index (κ1) is 11.4. The van der Waals surface area contributed by atoms with E-state index in [0.717, 1.165) is 22.3 Å². The fraction of sp³-hybridized carbons (Fsp3) is 0.250. The average molecular weight is 244 g/mol. The lowest BCUT2D eigenvalue weighted by Gasteiger charge is -2.18. The summed E-state index contributed by atoms with van der Waals surface area (Å²) in [5.41, 5.74) is 4.20. The monoisotopic (exact) mass is 244 g/mol. The molecule has 0 spiro atoms. The lowest BCUT2D eigenvalue weighted by Crippen LogP contribution is -2.14. The first-order valence-corrected chi connectivity index (χ1v) is 6.22. The van der Waals surface area contributed by atoms with Crippen LogP contribution < -0.4 is 0 Å². The molecular formula is C16H14F2. The second-order valence-electron chi connectivity index (χ2n) is 4.72. The van der Waals surface area contributed by atoms with Crippen molar-refractivity contribution in [1.29, 1.82) is 0 Å². The predicted molar refractivity (Wildman–Crippen MR) is 68.9 cm³/mol. The van der Waals surface area contributed by atoms with E-state index < -0.39 is 5.92 Å². The third-order valence-electron chi connectivity index (χ3n) is 3.69. The van der Waals surface area contributed by atoms with Crippen molar-refractivity contribution in [2.24, 2.45) is 0 Å². The molecule has 0 aromatic heterocycles. The zero-order valence-electron chi connectivity index (χ0n) is 10.2. The number of alkyl halides is 2. The fourth-order valence-corrected chi connectivity index (χ4v) is 2.69. The van der Waals surface area contributed by atoms with E-state index in [4.69, 9.17) is 0 Å². The Labute approximate surface area is 105 Å². The Hall–Kier alpha value is -1.70. The Morgan fingerprint density at radius 2 is 1.72 bits per heavy atom. The van der Waals surface area contributed by atoms with E-state index in [1.54, 1.807) is 12.1 Å². The highest BCUT2D eigenvalue weighted by Gasteiger charge is 2.34. The summed E-state index contributed by atoms with van der Waals surface area (Å²) in [5, 5.41) is 0. The molecule has 0 aliphatic heterocycles. The molecule has 0 saturated heterocycles. The molecule has 2 aromatic rings. The summed E-state index contributed by atoms with van der Waals surface area (Å²) in [6.45, 7) is 1.53. The van der Waals surface area contributed by atoms with Crippen molar-refractivity contribution in [1.82, 2.24) is 0 Å². The normalized spacial score (nSPS) is 13.3. The minimum absolute atomic E-state index is 0.153. The molecule has 1 aliphatic rings. The summed E-state index contributed by atoms with van der Waals surface area (Å²) >= 11 is 0. The van der Waals surface area contributed by atoms with Crippen LogP contribution in [0.2, 0.25) is 0 Å². The molecule has 0 unspecified atom stereocenters. The summed E-state index contributed by atoms with van der Waals surface area (Å²) < 4.78 is 27.9. The SMILES string of the molecule is CCC(F)(F)c1cccc2c1Cc1ccccc1-2. The molecule has 2 heteroatoms. The van der Waals surface area contributed by atoms with Gasteiger partial charge in [-0.05, 0) is 28.7 Å². The molecule has 18 heavy (non-hydrogen) atoms. The lowest BCUT2D eigenvalue weighted by atomic mass is 9.96. The van der Waals surface area contributed by atoms with Crippen molar-refractivity contribution in [3.63, 3.8) is 0 Å². The van der Waals surface area contributed by atoms with Crippen LogP contribution in [0.15, 0.2) is 42.5 Å². The third-order valence-corrected chi connectivity index (χ3v) is 3.69. The van der Waals surface area contributed by atoms with Gasteiger partial charge in [0.2, 0.25) is 0 Å². The maximum absolute atomic E-state index is 14.0. The highest BCUT2D eigenvalue weighted by Crippen LogP contribution is 2.43. The lowest BCUT2D eigenvalue weighted by molar-refractivity contribution is -0.00895. The van der Waals surface area contributed by atoms with Crippen LogP contribution >= 0.6 is 0 Å². The number of fused-ring (bicyclic) bond motifs is 3. The highest BCUT2D eigenvalue weighted by molar-refractivity contribution is 5.78. The Kier molecular flexibility index (Phi) is 2.47. The van der Waals surface area contributed by atoms with Crippen LogP contribution in [0.1, 0.15) is 30.0 Å². The number of halogens is 2. The van der Waals surface area contributed by atoms with Gasteiger partial charge in [-0.3, -0.25) is 0 Å². The molecule has 2 aromatic carbocycles. The second-order valence-corrected chi connectivity index (χ2v) is 4.72. The van der Waals surface area contributed by atoms with Gasteiger partial charge >= 0.3 is 0 Å². The Bertz CT molecular complexity index is 600. The van der Waals surface area contributed by atoms with Gasteiger partial charge in [-0.15, -0.1) is 0 Å². The second kappa shape index (κ2) is 3.91. The van der Waals surface area contributed by atoms with Gasteiger partial charge in [-0.25, -0.2) is 8.78 Å². The molecule has 0 saturated carbocycles. The van der Waals surface area contributed by atoms with E-state index in [0.29, 0.717) is 6.42 Å². The van der Waals surface area contributed by atoms with Gasteiger partial charge in [-0.2, -0.15) is 0 Å². The van der Waals surface area contributed by atoms with E-state index in [-0.39, 0.29) is 12.0 Å². The van der Waals surface area contributed by atoms with Crippen LogP contribution in [0.5, 0.6) is 0 Å². The molecular weight excluding hydrogens is 230 g/mol. The van der Waals surface area contributed by atoms with Crippen LogP contribution in [0, 0.1) is 0 Å². The Balaban J connectivity index is 2.20. The molecule has 92 valence electrons. The molecule has 0 bridgehead atoms. The predicted octanol–water partition coefficient (Wildman–Crippen LogP) is 4.76. The van der Waals surface area contributed by atoms with Gasteiger partial charge in [-0.1, -0.05) is 49.4 Å². The van der Waals surface area contributed by atoms with E-state index >= 15 is 0 Å². The molecule has 1 aliphatic carbocycles. The largest absolute Gasteiger partial charge is 0.273 e. The first-order valence-electron chi connectivity index (χ1n) is 6.22. The van der Waals surface area contributed by atoms with Crippen LogP contribution in [-0.2, 0) is 12.3 Å². The Morgan fingerprint density at radius 3 is 2.50 bits per heavy atom. The van der Waals surface area contributed by atoms with Crippen molar-refractivity contribution < 1.29 is 8.78 Å². The van der Waals surface area contributed by atoms with E-state index in [9.17, 15) is 8.78 Å².